The number of hydrogen-bond acceptors (Lipinski definition) is 7. The van der Waals surface area contributed by atoms with Gasteiger partial charge in [0.25, 0.3) is 11.8 Å². The first-order valence-electron chi connectivity index (χ1n) is 11.4. The van der Waals surface area contributed by atoms with Gasteiger partial charge in [-0.05, 0) is 63.4 Å². The molecular formula is C21H27N5O5S2. The second-order valence-corrected chi connectivity index (χ2v) is 11.3. The van der Waals surface area contributed by atoms with E-state index in [9.17, 15) is 18.0 Å². The van der Waals surface area contributed by atoms with Crippen LogP contribution >= 0.6 is 11.3 Å². The van der Waals surface area contributed by atoms with Gasteiger partial charge in [-0.15, -0.1) is 15.7 Å². The third-order valence-electron chi connectivity index (χ3n) is 6.12. The number of carbonyl (C=O) groups excluding carboxylic acids is 2. The van der Waals surface area contributed by atoms with Crippen LogP contribution in [0.2, 0.25) is 0 Å². The average Bonchev–Trinajstić information content (AvgIpc) is 3.67. The quantitative estimate of drug-likeness (QED) is 0.531. The molecule has 0 bridgehead atoms. The van der Waals surface area contributed by atoms with Gasteiger partial charge in [-0.3, -0.25) is 14.6 Å². The molecule has 2 saturated carbocycles. The Bertz CT molecular complexity index is 1150. The smallest absolute Gasteiger partial charge is 0.347 e. The number of ether oxygens (including phenoxy) is 1. The summed E-state index contributed by atoms with van der Waals surface area (Å²) in [6, 6.07) is -0.240. The summed E-state index contributed by atoms with van der Waals surface area (Å²) >= 11 is 1.47. The van der Waals surface area contributed by atoms with E-state index in [0.29, 0.717) is 42.3 Å². The molecule has 10 nitrogen and oxygen atoms in total. The van der Waals surface area contributed by atoms with Crippen molar-refractivity contribution in [1.29, 1.82) is 0 Å². The molecule has 1 atom stereocenters. The number of fused-ring (bicyclic) bond motifs is 1. The van der Waals surface area contributed by atoms with Crippen LogP contribution in [0.5, 0.6) is 0 Å². The molecule has 4 aliphatic rings. The number of aryl methyl sites for hydroxylation is 1. The lowest BCUT2D eigenvalue weighted by atomic mass is 9.91. The molecule has 1 aromatic rings. The molecule has 2 amide bonds. The van der Waals surface area contributed by atoms with Gasteiger partial charge >= 0.3 is 10.2 Å². The standard InChI is InChI=1S/C21H27N5O5S2/c1-2-31-20-17(25-33(29,30)26-20)23-13-7-8-15-14(9-13)16(19(28)22-10-11-3-4-11)21(32-15)24-18(27)12-5-6-12/h11-13H,2-10H2,1H3,(H,22,28)(H,23,25)(H,24,27). The highest BCUT2D eigenvalue weighted by atomic mass is 32.2. The molecular weight excluding hydrogens is 466 g/mol. The van der Waals surface area contributed by atoms with E-state index in [1.165, 1.54) is 11.3 Å². The molecule has 0 spiro atoms. The van der Waals surface area contributed by atoms with E-state index in [-0.39, 0.29) is 42.1 Å². The predicted molar refractivity (Wildman–Crippen MR) is 125 cm³/mol. The molecule has 2 fully saturated rings. The van der Waals surface area contributed by atoms with Gasteiger partial charge in [-0.2, -0.15) is 8.42 Å². The van der Waals surface area contributed by atoms with Crippen LogP contribution in [0, 0.1) is 11.8 Å². The van der Waals surface area contributed by atoms with Crippen molar-refractivity contribution in [2.75, 3.05) is 18.5 Å². The number of nitrogens with one attached hydrogen (secondary N) is 3. The lowest BCUT2D eigenvalue weighted by Gasteiger charge is -2.20. The fourth-order valence-electron chi connectivity index (χ4n) is 4.05. The molecule has 1 aliphatic heterocycles. The van der Waals surface area contributed by atoms with Gasteiger partial charge in [-0.25, -0.2) is 4.72 Å². The topological polar surface area (TPSA) is 138 Å². The fourth-order valence-corrected chi connectivity index (χ4v) is 6.08. The number of rotatable bonds is 7. The third-order valence-corrected chi connectivity index (χ3v) is 8.18. The number of anilines is 1. The Hall–Kier alpha value is -2.47. The maximum Gasteiger partial charge on any atom is 0.347 e. The Kier molecular flexibility index (Phi) is 5.89. The molecule has 33 heavy (non-hydrogen) atoms. The minimum absolute atomic E-state index is 0.0282. The highest BCUT2D eigenvalue weighted by Crippen LogP contribution is 2.40. The van der Waals surface area contributed by atoms with Gasteiger partial charge in [0.15, 0.2) is 0 Å². The van der Waals surface area contributed by atoms with E-state index >= 15 is 0 Å². The summed E-state index contributed by atoms with van der Waals surface area (Å²) in [5.41, 5.74) is 1.41. The van der Waals surface area contributed by atoms with Crippen LogP contribution < -0.4 is 15.4 Å². The van der Waals surface area contributed by atoms with Crippen molar-refractivity contribution in [3.05, 3.63) is 16.0 Å². The summed E-state index contributed by atoms with van der Waals surface area (Å²) in [7, 11) is -3.85. The van der Waals surface area contributed by atoms with Crippen molar-refractivity contribution in [3.63, 3.8) is 0 Å². The van der Waals surface area contributed by atoms with Crippen LogP contribution in [-0.4, -0.2) is 51.2 Å². The molecule has 0 radical (unpaired) electrons. The molecule has 3 N–H and O–H groups in total. The zero-order valence-electron chi connectivity index (χ0n) is 18.3. The van der Waals surface area contributed by atoms with Crippen LogP contribution in [0.25, 0.3) is 0 Å². The van der Waals surface area contributed by atoms with Crippen molar-refractivity contribution in [2.45, 2.75) is 57.9 Å². The molecule has 178 valence electrons. The maximum absolute atomic E-state index is 13.1. The Balaban J connectivity index is 1.40. The Morgan fingerprint density at radius 3 is 2.73 bits per heavy atom. The van der Waals surface area contributed by atoms with E-state index in [1.807, 2.05) is 0 Å². The SMILES string of the molecule is CCOC1=NS(=O)(=O)NC1=NC1CCc2sc(NC(=O)C3CC3)c(C(=O)NCC3CC3)c2C1. The van der Waals surface area contributed by atoms with E-state index in [0.717, 1.165) is 36.1 Å². The first kappa shape index (κ1) is 22.3. The van der Waals surface area contributed by atoms with Crippen molar-refractivity contribution in [2.24, 2.45) is 21.2 Å². The summed E-state index contributed by atoms with van der Waals surface area (Å²) in [6.45, 7) is 2.65. The van der Waals surface area contributed by atoms with Gasteiger partial charge in [0.2, 0.25) is 11.7 Å². The number of thiophene rings is 1. The summed E-state index contributed by atoms with van der Waals surface area (Å²) in [5.74, 6) is 0.448. The first-order chi connectivity index (χ1) is 15.8. The van der Waals surface area contributed by atoms with Crippen LogP contribution in [-0.2, 0) is 32.6 Å². The summed E-state index contributed by atoms with van der Waals surface area (Å²) in [5, 5.41) is 6.62. The molecule has 1 aromatic heterocycles. The minimum atomic E-state index is -3.85. The van der Waals surface area contributed by atoms with Gasteiger partial charge in [0.1, 0.15) is 5.00 Å². The molecule has 1 unspecified atom stereocenters. The number of carbonyl (C=O) groups is 2. The van der Waals surface area contributed by atoms with Crippen LogP contribution in [0.4, 0.5) is 5.00 Å². The van der Waals surface area contributed by atoms with Gasteiger partial charge < -0.3 is 15.4 Å². The Morgan fingerprint density at radius 2 is 2.03 bits per heavy atom. The summed E-state index contributed by atoms with van der Waals surface area (Å²) in [4.78, 5) is 31.2. The number of amides is 2. The zero-order valence-corrected chi connectivity index (χ0v) is 20.0. The highest BCUT2D eigenvalue weighted by molar-refractivity contribution is 7.89. The fraction of sp³-hybridized carbons (Fsp3) is 0.619. The van der Waals surface area contributed by atoms with Crippen LogP contribution in [0.3, 0.4) is 0 Å². The van der Waals surface area contributed by atoms with E-state index < -0.39 is 10.2 Å². The van der Waals surface area contributed by atoms with Crippen molar-refractivity contribution in [3.8, 4) is 0 Å². The van der Waals surface area contributed by atoms with Crippen LogP contribution in [0.1, 0.15) is 59.8 Å². The monoisotopic (exact) mass is 493 g/mol. The highest BCUT2D eigenvalue weighted by Gasteiger charge is 2.35. The molecule has 5 rings (SSSR count). The Labute approximate surface area is 196 Å². The average molecular weight is 494 g/mol. The first-order valence-corrected chi connectivity index (χ1v) is 13.7. The number of amidine groups is 1. The molecule has 12 heteroatoms. The van der Waals surface area contributed by atoms with Gasteiger partial charge in [-0.1, -0.05) is 0 Å². The van der Waals surface area contributed by atoms with Gasteiger partial charge in [0.05, 0.1) is 18.2 Å². The summed E-state index contributed by atoms with van der Waals surface area (Å²) < 4.78 is 34.9. The molecule has 0 aromatic carbocycles. The van der Waals surface area contributed by atoms with Gasteiger partial charge in [0, 0.05) is 17.3 Å². The molecule has 0 saturated heterocycles. The number of aliphatic imine (C=N–C) groups is 1. The second-order valence-electron chi connectivity index (χ2n) is 8.91. The largest absolute Gasteiger partial charge is 0.475 e. The van der Waals surface area contributed by atoms with Crippen LogP contribution in [0.15, 0.2) is 9.39 Å². The second kappa shape index (κ2) is 8.71. The lowest BCUT2D eigenvalue weighted by molar-refractivity contribution is -0.117. The molecule has 3 aliphatic carbocycles. The zero-order chi connectivity index (χ0) is 23.2. The number of nitrogens with zero attached hydrogens (tertiary/aromatic N) is 2. The molecule has 2 heterocycles. The third kappa shape index (κ3) is 5.06. The minimum Gasteiger partial charge on any atom is -0.475 e. The Morgan fingerprint density at radius 1 is 1.24 bits per heavy atom. The lowest BCUT2D eigenvalue weighted by Crippen LogP contribution is -2.32. The van der Waals surface area contributed by atoms with Crippen molar-refractivity contribution >= 4 is 50.1 Å². The maximum atomic E-state index is 13.1. The van der Waals surface area contributed by atoms with Crippen molar-refractivity contribution < 1.29 is 22.7 Å². The normalized spacial score (nSPS) is 24.6. The predicted octanol–water partition coefficient (Wildman–Crippen LogP) is 1.78. The van der Waals surface area contributed by atoms with E-state index in [4.69, 9.17) is 4.74 Å². The summed E-state index contributed by atoms with van der Waals surface area (Å²) in [6.07, 6.45) is 5.90. The number of hydrogen-bond donors (Lipinski definition) is 3. The van der Waals surface area contributed by atoms with E-state index in [2.05, 4.69) is 24.7 Å². The van der Waals surface area contributed by atoms with E-state index in [1.54, 1.807) is 6.92 Å². The van der Waals surface area contributed by atoms with Crippen molar-refractivity contribution in [1.82, 2.24) is 10.0 Å².